The van der Waals surface area contributed by atoms with E-state index in [0.717, 1.165) is 19.6 Å². The maximum Gasteiger partial charge on any atom is 0.0667 e. The van der Waals surface area contributed by atoms with Crippen molar-refractivity contribution in [2.24, 2.45) is 0 Å². The minimum Gasteiger partial charge on any atom is -0.363 e. The molecule has 2 aromatic carbocycles. The third kappa shape index (κ3) is 3.11. The lowest BCUT2D eigenvalue weighted by Gasteiger charge is -2.38. The van der Waals surface area contributed by atoms with Crippen LogP contribution in [-0.2, 0) is 6.42 Å². The van der Waals surface area contributed by atoms with Crippen LogP contribution in [-0.4, -0.2) is 19.6 Å². The highest BCUT2D eigenvalue weighted by molar-refractivity contribution is 5.57. The molecule has 0 aromatic heterocycles. The molecule has 110 valence electrons. The molecular formula is C19H24N2. The Labute approximate surface area is 127 Å². The maximum atomic E-state index is 3.53. The summed E-state index contributed by atoms with van der Waals surface area (Å²) in [7, 11) is 0. The topological polar surface area (TPSA) is 15.3 Å². The second kappa shape index (κ2) is 6.77. The zero-order chi connectivity index (χ0) is 14.5. The normalized spacial score (nSPS) is 15.6. The van der Waals surface area contributed by atoms with E-state index in [0.29, 0.717) is 6.04 Å². The van der Waals surface area contributed by atoms with E-state index >= 15 is 0 Å². The van der Waals surface area contributed by atoms with E-state index in [1.165, 1.54) is 29.7 Å². The van der Waals surface area contributed by atoms with E-state index in [-0.39, 0.29) is 0 Å². The highest BCUT2D eigenvalue weighted by Gasteiger charge is 2.24. The Hall–Kier alpha value is -1.80. The largest absolute Gasteiger partial charge is 0.363 e. The first kappa shape index (κ1) is 14.2. The van der Waals surface area contributed by atoms with Gasteiger partial charge in [-0.25, -0.2) is 0 Å². The number of likely N-dealkylation sites (N-methyl/N-ethyl adjacent to an activating group) is 1. The Morgan fingerprint density at radius 2 is 1.81 bits per heavy atom. The number of anilines is 1. The lowest BCUT2D eigenvalue weighted by Crippen LogP contribution is -2.39. The summed E-state index contributed by atoms with van der Waals surface area (Å²) in [5.41, 5.74) is 4.30. The zero-order valence-electron chi connectivity index (χ0n) is 12.8. The quantitative estimate of drug-likeness (QED) is 0.896. The molecule has 0 saturated heterocycles. The van der Waals surface area contributed by atoms with Gasteiger partial charge in [-0.15, -0.1) is 0 Å². The predicted octanol–water partition coefficient (Wildman–Crippen LogP) is 3.79. The Morgan fingerprint density at radius 1 is 1.05 bits per heavy atom. The Kier molecular flexibility index (Phi) is 4.56. The van der Waals surface area contributed by atoms with Gasteiger partial charge in [0.1, 0.15) is 0 Å². The molecule has 0 bridgehead atoms. The van der Waals surface area contributed by atoms with Crippen molar-refractivity contribution in [3.8, 4) is 0 Å². The Morgan fingerprint density at radius 3 is 2.62 bits per heavy atom. The van der Waals surface area contributed by atoms with Crippen LogP contribution in [0.2, 0.25) is 0 Å². The van der Waals surface area contributed by atoms with Crippen molar-refractivity contribution in [3.63, 3.8) is 0 Å². The molecule has 1 aliphatic heterocycles. The molecule has 0 fully saturated rings. The van der Waals surface area contributed by atoms with Crippen LogP contribution < -0.4 is 10.2 Å². The van der Waals surface area contributed by atoms with Crippen molar-refractivity contribution < 1.29 is 0 Å². The first-order valence-electron chi connectivity index (χ1n) is 8.00. The number of fused-ring (bicyclic) bond motifs is 1. The molecule has 0 amide bonds. The van der Waals surface area contributed by atoms with E-state index in [1.54, 1.807) is 0 Å². The second-order valence-corrected chi connectivity index (χ2v) is 5.66. The van der Waals surface area contributed by atoms with Crippen molar-refractivity contribution in [3.05, 3.63) is 65.7 Å². The summed E-state index contributed by atoms with van der Waals surface area (Å²) in [5, 5.41) is 3.53. The minimum atomic E-state index is 0.410. The van der Waals surface area contributed by atoms with E-state index in [9.17, 15) is 0 Å². The number of rotatable bonds is 5. The smallest absolute Gasteiger partial charge is 0.0667 e. The van der Waals surface area contributed by atoms with Crippen molar-refractivity contribution in [2.75, 3.05) is 24.5 Å². The summed E-state index contributed by atoms with van der Waals surface area (Å²) in [6, 6.07) is 20.2. The Balaban J connectivity index is 1.94. The summed E-state index contributed by atoms with van der Waals surface area (Å²) in [6.45, 7) is 5.32. The molecule has 1 unspecified atom stereocenters. The number of hydrogen-bond acceptors (Lipinski definition) is 2. The van der Waals surface area contributed by atoms with Gasteiger partial charge in [-0.2, -0.15) is 0 Å². The fourth-order valence-corrected chi connectivity index (χ4v) is 3.25. The van der Waals surface area contributed by atoms with Gasteiger partial charge in [0.05, 0.1) is 6.04 Å². The zero-order valence-corrected chi connectivity index (χ0v) is 12.8. The van der Waals surface area contributed by atoms with Gasteiger partial charge >= 0.3 is 0 Å². The van der Waals surface area contributed by atoms with Crippen molar-refractivity contribution in [2.45, 2.75) is 25.8 Å². The maximum absolute atomic E-state index is 3.53. The average molecular weight is 280 g/mol. The molecule has 0 radical (unpaired) electrons. The molecule has 21 heavy (non-hydrogen) atoms. The molecular weight excluding hydrogens is 256 g/mol. The van der Waals surface area contributed by atoms with Gasteiger partial charge in [-0.05, 0) is 36.6 Å². The lowest BCUT2D eigenvalue weighted by atomic mass is 9.97. The molecule has 0 saturated carbocycles. The Bertz CT molecular complexity index is 565. The highest BCUT2D eigenvalue weighted by atomic mass is 15.2. The van der Waals surface area contributed by atoms with E-state index in [2.05, 4.69) is 71.7 Å². The van der Waals surface area contributed by atoms with Gasteiger partial charge < -0.3 is 10.2 Å². The summed E-state index contributed by atoms with van der Waals surface area (Å²) < 4.78 is 0. The number of para-hydroxylation sites is 1. The molecule has 3 rings (SSSR count). The molecule has 0 aliphatic carbocycles. The van der Waals surface area contributed by atoms with Crippen LogP contribution in [0.25, 0.3) is 0 Å². The second-order valence-electron chi connectivity index (χ2n) is 5.66. The standard InChI is InChI=1S/C19H24N2/c1-2-20-15-19(17-9-4-3-5-10-17)21-14-8-12-16-11-6-7-13-18(16)21/h3-7,9-11,13,19-20H,2,8,12,14-15H2,1H3. The van der Waals surface area contributed by atoms with Crippen LogP contribution in [0.1, 0.15) is 30.5 Å². The molecule has 2 nitrogen and oxygen atoms in total. The monoisotopic (exact) mass is 280 g/mol. The van der Waals surface area contributed by atoms with Crippen molar-refractivity contribution in [1.82, 2.24) is 5.32 Å². The van der Waals surface area contributed by atoms with Gasteiger partial charge in [0.25, 0.3) is 0 Å². The van der Waals surface area contributed by atoms with Gasteiger partial charge in [-0.3, -0.25) is 0 Å². The summed E-state index contributed by atoms with van der Waals surface area (Å²) >= 11 is 0. The van der Waals surface area contributed by atoms with Gasteiger partial charge in [0, 0.05) is 18.8 Å². The fraction of sp³-hybridized carbons (Fsp3) is 0.368. The number of benzene rings is 2. The third-order valence-corrected chi connectivity index (χ3v) is 4.29. The van der Waals surface area contributed by atoms with Crippen LogP contribution in [0.3, 0.4) is 0 Å². The molecule has 0 spiro atoms. The minimum absolute atomic E-state index is 0.410. The number of nitrogens with zero attached hydrogens (tertiary/aromatic N) is 1. The SMILES string of the molecule is CCNCC(c1ccccc1)N1CCCc2ccccc21. The van der Waals surface area contributed by atoms with E-state index in [1.807, 2.05) is 0 Å². The predicted molar refractivity (Wildman–Crippen MR) is 89.8 cm³/mol. The summed E-state index contributed by atoms with van der Waals surface area (Å²) in [6.07, 6.45) is 2.45. The first-order valence-corrected chi connectivity index (χ1v) is 8.00. The van der Waals surface area contributed by atoms with Crippen LogP contribution in [0.15, 0.2) is 54.6 Å². The molecule has 1 atom stereocenters. The molecule has 1 aliphatic rings. The van der Waals surface area contributed by atoms with Crippen LogP contribution >= 0.6 is 0 Å². The van der Waals surface area contributed by atoms with Gasteiger partial charge in [-0.1, -0.05) is 55.5 Å². The first-order chi connectivity index (χ1) is 10.4. The van der Waals surface area contributed by atoms with Crippen LogP contribution in [0.5, 0.6) is 0 Å². The van der Waals surface area contributed by atoms with Crippen LogP contribution in [0.4, 0.5) is 5.69 Å². The fourth-order valence-electron chi connectivity index (χ4n) is 3.25. The molecule has 2 aromatic rings. The summed E-state index contributed by atoms with van der Waals surface area (Å²) in [5.74, 6) is 0. The average Bonchev–Trinajstić information content (AvgIpc) is 2.56. The third-order valence-electron chi connectivity index (χ3n) is 4.29. The summed E-state index contributed by atoms with van der Waals surface area (Å²) in [4.78, 5) is 2.58. The van der Waals surface area contributed by atoms with Crippen LogP contribution in [0, 0.1) is 0 Å². The van der Waals surface area contributed by atoms with E-state index < -0.39 is 0 Å². The highest BCUT2D eigenvalue weighted by Crippen LogP contribution is 2.33. The van der Waals surface area contributed by atoms with Gasteiger partial charge in [0.15, 0.2) is 0 Å². The molecule has 2 heteroatoms. The van der Waals surface area contributed by atoms with Gasteiger partial charge in [0.2, 0.25) is 0 Å². The number of hydrogen-bond donors (Lipinski definition) is 1. The van der Waals surface area contributed by atoms with Crippen molar-refractivity contribution in [1.29, 1.82) is 0 Å². The number of aryl methyl sites for hydroxylation is 1. The lowest BCUT2D eigenvalue weighted by molar-refractivity contribution is 0.539. The van der Waals surface area contributed by atoms with Crippen molar-refractivity contribution >= 4 is 5.69 Å². The molecule has 1 N–H and O–H groups in total. The number of nitrogens with one attached hydrogen (secondary N) is 1. The van der Waals surface area contributed by atoms with E-state index in [4.69, 9.17) is 0 Å². The molecule has 1 heterocycles.